The molecule has 1 aromatic rings. The largest absolute Gasteiger partial charge is 0.477 e. The molecule has 3 rings (SSSR count). The number of rotatable bonds is 3. The van der Waals surface area contributed by atoms with E-state index in [1.54, 1.807) is 0 Å². The molecular formula is C12H15NO3. The molecule has 0 aromatic carbocycles. The third-order valence-electron chi connectivity index (χ3n) is 3.65. The number of hydrogen-bond donors (Lipinski definition) is 1. The maximum Gasteiger partial charge on any atom is 0.341 e. The molecule has 86 valence electrons. The Morgan fingerprint density at radius 1 is 1.19 bits per heavy atom. The van der Waals surface area contributed by atoms with Gasteiger partial charge < -0.3 is 9.63 Å². The highest BCUT2D eigenvalue weighted by molar-refractivity contribution is 5.90. The summed E-state index contributed by atoms with van der Waals surface area (Å²) in [5, 5.41) is 13.3. The first-order valence-electron chi connectivity index (χ1n) is 6.00. The summed E-state index contributed by atoms with van der Waals surface area (Å²) in [6, 6.07) is 0. The zero-order valence-electron chi connectivity index (χ0n) is 9.11. The molecule has 1 N–H and O–H groups in total. The molecule has 4 heteroatoms. The summed E-state index contributed by atoms with van der Waals surface area (Å²) in [6.07, 6.45) is 6.53. The fourth-order valence-corrected chi connectivity index (χ4v) is 2.63. The maximum atomic E-state index is 11.3. The van der Waals surface area contributed by atoms with E-state index in [9.17, 15) is 9.90 Å². The molecule has 0 aliphatic heterocycles. The van der Waals surface area contributed by atoms with Crippen LogP contribution in [-0.4, -0.2) is 16.2 Å². The minimum Gasteiger partial charge on any atom is -0.477 e. The van der Waals surface area contributed by atoms with Crippen molar-refractivity contribution in [3.05, 3.63) is 17.0 Å². The van der Waals surface area contributed by atoms with Gasteiger partial charge >= 0.3 is 5.97 Å². The predicted molar refractivity (Wildman–Crippen MR) is 56.6 cm³/mol. The van der Waals surface area contributed by atoms with Crippen molar-refractivity contribution >= 4 is 5.97 Å². The summed E-state index contributed by atoms with van der Waals surface area (Å²) < 4.78 is 5.31. The summed E-state index contributed by atoms with van der Waals surface area (Å²) in [5.41, 5.74) is 1.06. The number of nitrogens with zero attached hydrogens (tertiary/aromatic N) is 1. The maximum absolute atomic E-state index is 11.3. The predicted octanol–water partition coefficient (Wildman–Crippen LogP) is 2.91. The van der Waals surface area contributed by atoms with Gasteiger partial charge in [-0.3, -0.25) is 0 Å². The lowest BCUT2D eigenvalue weighted by Crippen LogP contribution is -2.05. The molecule has 0 amide bonds. The van der Waals surface area contributed by atoms with Gasteiger partial charge in [0.25, 0.3) is 0 Å². The van der Waals surface area contributed by atoms with Crippen LogP contribution in [0.1, 0.15) is 72.2 Å². The molecule has 2 fully saturated rings. The van der Waals surface area contributed by atoms with E-state index in [1.165, 1.54) is 12.8 Å². The molecule has 2 aliphatic carbocycles. The molecule has 0 bridgehead atoms. The van der Waals surface area contributed by atoms with Crippen molar-refractivity contribution < 1.29 is 14.4 Å². The first-order chi connectivity index (χ1) is 7.77. The second kappa shape index (κ2) is 3.61. The molecule has 0 atom stereocenters. The number of aromatic nitrogens is 1. The third-order valence-corrected chi connectivity index (χ3v) is 3.65. The Kier molecular flexibility index (Phi) is 2.23. The Balaban J connectivity index is 1.99. The Morgan fingerprint density at radius 2 is 1.88 bits per heavy atom. The van der Waals surface area contributed by atoms with Gasteiger partial charge in [0, 0.05) is 11.8 Å². The lowest BCUT2D eigenvalue weighted by molar-refractivity contribution is 0.0692. The number of carbonyl (C=O) groups is 1. The quantitative estimate of drug-likeness (QED) is 0.852. The lowest BCUT2D eigenvalue weighted by Gasteiger charge is -2.04. The SMILES string of the molecule is O=C(O)c1c(C2CC2)noc1C1CCCC1. The minimum absolute atomic E-state index is 0.283. The number of hydrogen-bond acceptors (Lipinski definition) is 3. The van der Waals surface area contributed by atoms with Crippen LogP contribution in [-0.2, 0) is 0 Å². The first kappa shape index (κ1) is 9.87. The van der Waals surface area contributed by atoms with Crippen LogP contribution in [0.5, 0.6) is 0 Å². The summed E-state index contributed by atoms with van der Waals surface area (Å²) in [4.78, 5) is 11.3. The summed E-state index contributed by atoms with van der Waals surface area (Å²) in [5.74, 6) is 0.382. The summed E-state index contributed by atoms with van der Waals surface area (Å²) in [7, 11) is 0. The molecule has 16 heavy (non-hydrogen) atoms. The Hall–Kier alpha value is -1.32. The van der Waals surface area contributed by atoms with Gasteiger partial charge in [-0.25, -0.2) is 4.79 Å². The van der Waals surface area contributed by atoms with Crippen molar-refractivity contribution in [2.45, 2.75) is 50.4 Å². The van der Waals surface area contributed by atoms with Gasteiger partial charge in [0.1, 0.15) is 11.3 Å². The normalized spacial score (nSPS) is 21.5. The summed E-state index contributed by atoms with van der Waals surface area (Å²) in [6.45, 7) is 0. The van der Waals surface area contributed by atoms with Gasteiger partial charge in [0.2, 0.25) is 0 Å². The van der Waals surface area contributed by atoms with Gasteiger partial charge in [-0.1, -0.05) is 18.0 Å². The standard InChI is InChI=1S/C12H15NO3/c14-12(15)9-10(7-5-6-7)13-16-11(9)8-3-1-2-4-8/h7-8H,1-6H2,(H,14,15). The van der Waals surface area contributed by atoms with E-state index >= 15 is 0 Å². The van der Waals surface area contributed by atoms with Crippen LogP contribution >= 0.6 is 0 Å². The van der Waals surface area contributed by atoms with Crippen LogP contribution in [0, 0.1) is 0 Å². The van der Waals surface area contributed by atoms with Gasteiger partial charge in [-0.15, -0.1) is 0 Å². The Bertz CT molecular complexity index is 414. The molecule has 2 aliphatic rings. The van der Waals surface area contributed by atoms with Gasteiger partial charge in [-0.2, -0.15) is 0 Å². The average molecular weight is 221 g/mol. The highest BCUT2D eigenvalue weighted by Crippen LogP contribution is 2.44. The fraction of sp³-hybridized carbons (Fsp3) is 0.667. The minimum atomic E-state index is -0.870. The van der Waals surface area contributed by atoms with Crippen LogP contribution < -0.4 is 0 Å². The van der Waals surface area contributed by atoms with E-state index in [0.717, 1.165) is 25.7 Å². The van der Waals surface area contributed by atoms with Gasteiger partial charge in [-0.05, 0) is 25.7 Å². The molecule has 0 spiro atoms. The Labute approximate surface area is 93.6 Å². The van der Waals surface area contributed by atoms with Crippen molar-refractivity contribution in [1.82, 2.24) is 5.16 Å². The zero-order valence-corrected chi connectivity index (χ0v) is 9.11. The van der Waals surface area contributed by atoms with E-state index < -0.39 is 5.97 Å². The van der Waals surface area contributed by atoms with E-state index in [2.05, 4.69) is 5.16 Å². The zero-order chi connectivity index (χ0) is 11.1. The molecular weight excluding hydrogens is 206 g/mol. The number of carboxylic acids is 1. The molecule has 1 aromatic heterocycles. The van der Waals surface area contributed by atoms with Crippen molar-refractivity contribution in [2.24, 2.45) is 0 Å². The molecule has 0 saturated heterocycles. The van der Waals surface area contributed by atoms with E-state index in [4.69, 9.17) is 4.52 Å². The number of aromatic carboxylic acids is 1. The second-order valence-corrected chi connectivity index (χ2v) is 4.87. The molecule has 0 radical (unpaired) electrons. The van der Waals surface area contributed by atoms with Crippen LogP contribution in [0.4, 0.5) is 0 Å². The second-order valence-electron chi connectivity index (χ2n) is 4.87. The van der Waals surface area contributed by atoms with Crippen molar-refractivity contribution in [1.29, 1.82) is 0 Å². The molecule has 1 heterocycles. The smallest absolute Gasteiger partial charge is 0.341 e. The van der Waals surface area contributed by atoms with Gasteiger partial charge in [0.05, 0.1) is 0 Å². The lowest BCUT2D eigenvalue weighted by atomic mass is 9.99. The van der Waals surface area contributed by atoms with Gasteiger partial charge in [0.15, 0.2) is 5.76 Å². The van der Waals surface area contributed by atoms with E-state index in [0.29, 0.717) is 22.9 Å². The first-order valence-corrected chi connectivity index (χ1v) is 6.00. The average Bonchev–Trinajstić information content (AvgIpc) is 2.83. The topological polar surface area (TPSA) is 63.3 Å². The Morgan fingerprint density at radius 3 is 2.44 bits per heavy atom. The molecule has 2 saturated carbocycles. The van der Waals surface area contributed by atoms with E-state index in [-0.39, 0.29) is 5.92 Å². The van der Waals surface area contributed by atoms with Crippen LogP contribution in [0.2, 0.25) is 0 Å². The highest BCUT2D eigenvalue weighted by atomic mass is 16.5. The fourth-order valence-electron chi connectivity index (χ4n) is 2.63. The van der Waals surface area contributed by atoms with Crippen LogP contribution in [0.25, 0.3) is 0 Å². The van der Waals surface area contributed by atoms with Crippen molar-refractivity contribution in [2.75, 3.05) is 0 Å². The van der Waals surface area contributed by atoms with Crippen molar-refractivity contribution in [3.8, 4) is 0 Å². The molecule has 4 nitrogen and oxygen atoms in total. The monoisotopic (exact) mass is 221 g/mol. The molecule has 0 unspecified atom stereocenters. The third kappa shape index (κ3) is 1.52. The van der Waals surface area contributed by atoms with Crippen LogP contribution in [0.15, 0.2) is 4.52 Å². The highest BCUT2D eigenvalue weighted by Gasteiger charge is 2.37. The van der Waals surface area contributed by atoms with Crippen molar-refractivity contribution in [3.63, 3.8) is 0 Å². The van der Waals surface area contributed by atoms with Crippen LogP contribution in [0.3, 0.4) is 0 Å². The number of carboxylic acid groups (broad SMARTS) is 1. The van der Waals surface area contributed by atoms with E-state index in [1.807, 2.05) is 0 Å². The summed E-state index contributed by atoms with van der Waals surface area (Å²) >= 11 is 0.